The van der Waals surface area contributed by atoms with Crippen LogP contribution in [0.4, 0.5) is 8.78 Å². The van der Waals surface area contributed by atoms with Gasteiger partial charge in [0.2, 0.25) is 5.88 Å². The first-order chi connectivity index (χ1) is 8.69. The molecule has 0 fully saturated rings. The van der Waals surface area contributed by atoms with Crippen LogP contribution < -0.4 is 4.74 Å². The van der Waals surface area contributed by atoms with Crippen LogP contribution in [-0.2, 0) is 11.2 Å². The highest BCUT2D eigenvalue weighted by Gasteiger charge is 2.06. The van der Waals surface area contributed by atoms with Crippen molar-refractivity contribution < 1.29 is 18.3 Å². The van der Waals surface area contributed by atoms with Gasteiger partial charge in [-0.05, 0) is 17.7 Å². The van der Waals surface area contributed by atoms with Crippen molar-refractivity contribution in [1.29, 1.82) is 0 Å². The second-order valence-electron chi connectivity index (χ2n) is 3.55. The van der Waals surface area contributed by atoms with E-state index in [-0.39, 0.29) is 18.1 Å². The third kappa shape index (κ3) is 2.88. The number of nitrogens with zero attached hydrogens (tertiary/aromatic N) is 1. The highest BCUT2D eigenvalue weighted by molar-refractivity contribution is 5.54. The first-order valence-electron chi connectivity index (χ1n) is 5.20. The van der Waals surface area contributed by atoms with E-state index in [1.54, 1.807) is 6.07 Å². The van der Waals surface area contributed by atoms with Crippen LogP contribution in [0.5, 0.6) is 11.6 Å². The highest BCUT2D eigenvalue weighted by atomic mass is 19.1. The maximum atomic E-state index is 13.3. The molecule has 0 saturated carbocycles. The van der Waals surface area contributed by atoms with Crippen molar-refractivity contribution in [2.45, 2.75) is 6.42 Å². The van der Waals surface area contributed by atoms with Crippen molar-refractivity contribution in [1.82, 2.24) is 4.98 Å². The molecular weight excluding hydrogens is 240 g/mol. The summed E-state index contributed by atoms with van der Waals surface area (Å²) in [6, 6.07) is 6.18. The fourth-order valence-electron chi connectivity index (χ4n) is 1.36. The lowest BCUT2D eigenvalue weighted by atomic mass is 10.2. The topological polar surface area (TPSA) is 39.2 Å². The summed E-state index contributed by atoms with van der Waals surface area (Å²) in [5.74, 6) is -1.40. The Labute approximate surface area is 102 Å². The van der Waals surface area contributed by atoms with Crippen molar-refractivity contribution in [3.05, 3.63) is 53.7 Å². The zero-order chi connectivity index (χ0) is 13.0. The van der Waals surface area contributed by atoms with Crippen LogP contribution in [-0.4, -0.2) is 11.3 Å². The number of ether oxygens (including phenoxy) is 1. The number of hydrogen-bond acceptors (Lipinski definition) is 3. The molecule has 0 atom stereocenters. The molecule has 0 bridgehead atoms. The molecule has 5 heteroatoms. The first kappa shape index (κ1) is 12.2. The third-order valence-electron chi connectivity index (χ3n) is 2.23. The van der Waals surface area contributed by atoms with Crippen LogP contribution in [0.25, 0.3) is 0 Å². The lowest BCUT2D eigenvalue weighted by Gasteiger charge is -2.05. The van der Waals surface area contributed by atoms with Crippen LogP contribution in [0.3, 0.4) is 0 Å². The molecular formula is C13H9F2NO2. The Morgan fingerprint density at radius 3 is 2.67 bits per heavy atom. The molecule has 0 saturated heterocycles. The largest absolute Gasteiger partial charge is 0.436 e. The lowest BCUT2D eigenvalue weighted by Crippen LogP contribution is -1.93. The van der Waals surface area contributed by atoms with E-state index in [0.717, 1.165) is 24.0 Å². The summed E-state index contributed by atoms with van der Waals surface area (Å²) >= 11 is 0. The van der Waals surface area contributed by atoms with Gasteiger partial charge in [-0.3, -0.25) is 0 Å². The van der Waals surface area contributed by atoms with Gasteiger partial charge in [-0.2, -0.15) is 0 Å². The number of carbonyl (C=O) groups excluding carboxylic acids is 1. The molecule has 1 heterocycles. The van der Waals surface area contributed by atoms with E-state index in [0.29, 0.717) is 0 Å². The maximum absolute atomic E-state index is 13.3. The molecule has 1 aromatic heterocycles. The molecule has 0 amide bonds. The summed E-state index contributed by atoms with van der Waals surface area (Å²) in [5.41, 5.74) is 0.733. The second-order valence-corrected chi connectivity index (χ2v) is 3.55. The summed E-state index contributed by atoms with van der Waals surface area (Å²) in [4.78, 5) is 14.2. The Morgan fingerprint density at radius 2 is 2.06 bits per heavy atom. The van der Waals surface area contributed by atoms with Gasteiger partial charge in [-0.15, -0.1) is 0 Å². The molecule has 0 N–H and O–H groups in total. The van der Waals surface area contributed by atoms with Gasteiger partial charge in [-0.1, -0.05) is 6.07 Å². The summed E-state index contributed by atoms with van der Waals surface area (Å²) in [5, 5.41) is 0. The van der Waals surface area contributed by atoms with Crippen LogP contribution in [0.1, 0.15) is 5.56 Å². The molecule has 2 aromatic rings. The number of carbonyl (C=O) groups is 1. The second kappa shape index (κ2) is 5.35. The number of hydrogen-bond donors (Lipinski definition) is 0. The Hall–Kier alpha value is -2.30. The van der Waals surface area contributed by atoms with Gasteiger partial charge in [0.05, 0.1) is 0 Å². The molecule has 1 aromatic carbocycles. The SMILES string of the molecule is O=CCc1ccc(Oc2ccc(F)cc2F)nc1. The van der Waals surface area contributed by atoms with E-state index in [9.17, 15) is 13.6 Å². The summed E-state index contributed by atoms with van der Waals surface area (Å²) in [7, 11) is 0. The van der Waals surface area contributed by atoms with Crippen molar-refractivity contribution in [3.63, 3.8) is 0 Å². The quantitative estimate of drug-likeness (QED) is 0.782. The standard InChI is InChI=1S/C13H9F2NO2/c14-10-2-3-12(11(15)7-10)18-13-4-1-9(5-6-17)8-16-13/h1-4,6-8H,5H2. The van der Waals surface area contributed by atoms with Gasteiger partial charge in [0, 0.05) is 24.8 Å². The molecule has 0 spiro atoms. The maximum Gasteiger partial charge on any atom is 0.219 e. The minimum atomic E-state index is -0.797. The Kier molecular flexibility index (Phi) is 3.62. The smallest absolute Gasteiger partial charge is 0.219 e. The number of pyridine rings is 1. The van der Waals surface area contributed by atoms with Gasteiger partial charge in [0.15, 0.2) is 11.6 Å². The Morgan fingerprint density at radius 1 is 1.22 bits per heavy atom. The van der Waals surface area contributed by atoms with Crippen LogP contribution in [0, 0.1) is 11.6 Å². The van der Waals surface area contributed by atoms with E-state index in [4.69, 9.17) is 4.74 Å². The number of benzene rings is 1. The highest BCUT2D eigenvalue weighted by Crippen LogP contribution is 2.23. The molecule has 18 heavy (non-hydrogen) atoms. The fraction of sp³-hybridized carbons (Fsp3) is 0.0769. The van der Waals surface area contributed by atoms with Gasteiger partial charge in [0.25, 0.3) is 0 Å². The minimum absolute atomic E-state index is 0.105. The first-order valence-corrected chi connectivity index (χ1v) is 5.20. The molecule has 0 aliphatic carbocycles. The predicted octanol–water partition coefficient (Wildman–Crippen LogP) is 2.89. The predicted molar refractivity (Wildman–Crippen MR) is 60.4 cm³/mol. The zero-order valence-electron chi connectivity index (χ0n) is 9.27. The van der Waals surface area contributed by atoms with Crippen molar-refractivity contribution >= 4 is 6.29 Å². The molecule has 0 unspecified atom stereocenters. The number of aromatic nitrogens is 1. The minimum Gasteiger partial charge on any atom is -0.436 e. The van der Waals surface area contributed by atoms with Gasteiger partial charge < -0.3 is 9.53 Å². The molecule has 92 valence electrons. The van der Waals surface area contributed by atoms with Crippen molar-refractivity contribution in [3.8, 4) is 11.6 Å². The van der Waals surface area contributed by atoms with E-state index < -0.39 is 11.6 Å². The third-order valence-corrected chi connectivity index (χ3v) is 2.23. The zero-order valence-corrected chi connectivity index (χ0v) is 9.27. The van der Waals surface area contributed by atoms with Gasteiger partial charge in [-0.25, -0.2) is 13.8 Å². The fourth-order valence-corrected chi connectivity index (χ4v) is 1.36. The van der Waals surface area contributed by atoms with Crippen LogP contribution >= 0.6 is 0 Å². The van der Waals surface area contributed by atoms with E-state index >= 15 is 0 Å². The average Bonchev–Trinajstić information content (AvgIpc) is 2.35. The number of halogens is 2. The van der Waals surface area contributed by atoms with E-state index in [1.165, 1.54) is 18.3 Å². The molecule has 0 aliphatic rings. The van der Waals surface area contributed by atoms with E-state index in [1.807, 2.05) is 0 Å². The van der Waals surface area contributed by atoms with Gasteiger partial charge >= 0.3 is 0 Å². The lowest BCUT2D eigenvalue weighted by molar-refractivity contribution is -0.107. The normalized spacial score (nSPS) is 10.1. The number of rotatable bonds is 4. The molecule has 2 rings (SSSR count). The molecule has 3 nitrogen and oxygen atoms in total. The van der Waals surface area contributed by atoms with Crippen LogP contribution in [0.15, 0.2) is 36.5 Å². The van der Waals surface area contributed by atoms with Crippen LogP contribution in [0.2, 0.25) is 0 Å². The molecule has 0 radical (unpaired) electrons. The number of aldehydes is 1. The van der Waals surface area contributed by atoms with Crippen molar-refractivity contribution in [2.75, 3.05) is 0 Å². The van der Waals surface area contributed by atoms with Crippen molar-refractivity contribution in [2.24, 2.45) is 0 Å². The van der Waals surface area contributed by atoms with Gasteiger partial charge in [0.1, 0.15) is 12.1 Å². The summed E-state index contributed by atoms with van der Waals surface area (Å²) < 4.78 is 31.1. The Balaban J connectivity index is 2.15. The summed E-state index contributed by atoms with van der Waals surface area (Å²) in [6.45, 7) is 0. The van der Waals surface area contributed by atoms with E-state index in [2.05, 4.69) is 4.98 Å². The molecule has 0 aliphatic heterocycles. The average molecular weight is 249 g/mol. The summed E-state index contributed by atoms with van der Waals surface area (Å²) in [6.07, 6.45) is 2.49. The Bertz CT molecular complexity index is 555. The monoisotopic (exact) mass is 249 g/mol.